The molecule has 0 bridgehead atoms. The van der Waals surface area contributed by atoms with Crippen LogP contribution in [-0.2, 0) is 17.8 Å². The number of allylic oxidation sites excluding steroid dienone is 1. The number of ether oxygens (including phenoxy) is 2. The van der Waals surface area contributed by atoms with E-state index in [0.29, 0.717) is 39.8 Å². The molecule has 0 saturated carbocycles. The van der Waals surface area contributed by atoms with E-state index in [4.69, 9.17) is 21.1 Å². The number of rotatable bonds is 9. The van der Waals surface area contributed by atoms with Crippen molar-refractivity contribution < 1.29 is 18.7 Å². The highest BCUT2D eigenvalue weighted by molar-refractivity contribution is 6.31. The molecule has 7 heteroatoms. The summed E-state index contributed by atoms with van der Waals surface area (Å²) in [5.41, 5.74) is 3.25. The number of hydrogen-bond donors (Lipinski definition) is 1. The minimum Gasteiger partial charge on any atom is -0.493 e. The van der Waals surface area contributed by atoms with Crippen molar-refractivity contribution in [3.63, 3.8) is 0 Å². The van der Waals surface area contributed by atoms with Crippen LogP contribution in [0.1, 0.15) is 22.3 Å². The van der Waals surface area contributed by atoms with Gasteiger partial charge in [-0.05, 0) is 72.5 Å². The van der Waals surface area contributed by atoms with Gasteiger partial charge in [-0.2, -0.15) is 5.26 Å². The molecule has 0 aliphatic heterocycles. The Labute approximate surface area is 209 Å². The van der Waals surface area contributed by atoms with Crippen LogP contribution in [0.5, 0.6) is 11.5 Å². The molecule has 0 aliphatic carbocycles. The van der Waals surface area contributed by atoms with Crippen LogP contribution in [-0.4, -0.2) is 13.0 Å². The lowest BCUT2D eigenvalue weighted by Crippen LogP contribution is -2.13. The fourth-order valence-electron chi connectivity index (χ4n) is 3.36. The molecule has 0 aromatic heterocycles. The van der Waals surface area contributed by atoms with Gasteiger partial charge in [-0.1, -0.05) is 35.9 Å². The number of amides is 1. The van der Waals surface area contributed by atoms with Gasteiger partial charge in [-0.25, -0.2) is 4.39 Å². The summed E-state index contributed by atoms with van der Waals surface area (Å²) < 4.78 is 25.0. The molecule has 0 aliphatic rings. The zero-order chi connectivity index (χ0) is 25.4. The first-order chi connectivity index (χ1) is 16.8. The van der Waals surface area contributed by atoms with Gasteiger partial charge < -0.3 is 14.8 Å². The summed E-state index contributed by atoms with van der Waals surface area (Å²) in [6.07, 6.45) is 3.62. The minimum absolute atomic E-state index is 0.0956. The van der Waals surface area contributed by atoms with Crippen molar-refractivity contribution >= 4 is 29.3 Å². The number of benzene rings is 3. The Morgan fingerprint density at radius 2 is 2.03 bits per heavy atom. The largest absolute Gasteiger partial charge is 0.493 e. The number of methoxy groups -OCH3 is 1. The molecule has 5 nitrogen and oxygen atoms in total. The number of halogens is 2. The molecular weight excluding hydrogens is 467 g/mol. The van der Waals surface area contributed by atoms with E-state index < -0.39 is 5.91 Å². The quantitative estimate of drug-likeness (QED) is 0.207. The normalized spacial score (nSPS) is 10.9. The van der Waals surface area contributed by atoms with Gasteiger partial charge in [0.15, 0.2) is 11.5 Å². The Hall–Kier alpha value is -4.08. The highest BCUT2D eigenvalue weighted by Crippen LogP contribution is 2.35. The third-order valence-corrected chi connectivity index (χ3v) is 5.52. The van der Waals surface area contributed by atoms with Crippen LogP contribution >= 0.6 is 11.6 Å². The Kier molecular flexibility index (Phi) is 8.66. The van der Waals surface area contributed by atoms with Crippen molar-refractivity contribution in [2.45, 2.75) is 20.0 Å². The number of nitrogens with zero attached hydrogens (tertiary/aromatic N) is 1. The summed E-state index contributed by atoms with van der Waals surface area (Å²) >= 11 is 6.13. The molecule has 1 N–H and O–H groups in total. The lowest BCUT2D eigenvalue weighted by molar-refractivity contribution is -0.112. The van der Waals surface area contributed by atoms with Gasteiger partial charge in [-0.3, -0.25) is 4.79 Å². The predicted molar refractivity (Wildman–Crippen MR) is 136 cm³/mol. The predicted octanol–water partition coefficient (Wildman–Crippen LogP) is 6.65. The maximum absolute atomic E-state index is 13.5. The molecule has 178 valence electrons. The van der Waals surface area contributed by atoms with E-state index in [1.165, 1.54) is 25.3 Å². The van der Waals surface area contributed by atoms with Gasteiger partial charge in [0.2, 0.25) is 0 Å². The molecule has 0 fully saturated rings. The van der Waals surface area contributed by atoms with Crippen molar-refractivity contribution in [2.75, 3.05) is 12.4 Å². The zero-order valence-electron chi connectivity index (χ0n) is 19.4. The third-order valence-electron chi connectivity index (χ3n) is 5.12. The molecule has 3 aromatic rings. The third kappa shape index (κ3) is 6.72. The van der Waals surface area contributed by atoms with E-state index in [1.54, 1.807) is 48.5 Å². The first kappa shape index (κ1) is 25.5. The molecule has 35 heavy (non-hydrogen) atoms. The Morgan fingerprint density at radius 1 is 1.23 bits per heavy atom. The maximum atomic E-state index is 13.5. The summed E-state index contributed by atoms with van der Waals surface area (Å²) in [5, 5.41) is 12.8. The molecule has 0 heterocycles. The van der Waals surface area contributed by atoms with E-state index in [-0.39, 0.29) is 18.0 Å². The van der Waals surface area contributed by atoms with E-state index >= 15 is 0 Å². The molecule has 3 aromatic carbocycles. The summed E-state index contributed by atoms with van der Waals surface area (Å²) in [4.78, 5) is 12.7. The fraction of sp³-hybridized carbons (Fsp3) is 0.143. The summed E-state index contributed by atoms with van der Waals surface area (Å²) in [5.74, 6) is -0.0238. The summed E-state index contributed by atoms with van der Waals surface area (Å²) in [6.45, 7) is 5.78. The SMILES string of the molecule is C=CCc1cc(/C=C(/C#N)C(=O)Nc2ccc(C)c(Cl)c2)cc(OC)c1OCc1cccc(F)c1. The van der Waals surface area contributed by atoms with Crippen LogP contribution < -0.4 is 14.8 Å². The summed E-state index contributed by atoms with van der Waals surface area (Å²) in [7, 11) is 1.49. The first-order valence-corrected chi connectivity index (χ1v) is 11.1. The van der Waals surface area contributed by atoms with Crippen LogP contribution in [0.4, 0.5) is 10.1 Å². The topological polar surface area (TPSA) is 71.4 Å². The highest BCUT2D eigenvalue weighted by Gasteiger charge is 2.15. The number of nitriles is 1. The van der Waals surface area contributed by atoms with Crippen LogP contribution in [0, 0.1) is 24.1 Å². The molecule has 1 amide bonds. The second-order valence-electron chi connectivity index (χ2n) is 7.71. The van der Waals surface area contributed by atoms with Crippen LogP contribution in [0.3, 0.4) is 0 Å². The van der Waals surface area contributed by atoms with E-state index in [9.17, 15) is 14.4 Å². The van der Waals surface area contributed by atoms with E-state index in [1.807, 2.05) is 13.0 Å². The van der Waals surface area contributed by atoms with Gasteiger partial charge in [-0.15, -0.1) is 6.58 Å². The molecular formula is C28H24ClFN2O3. The van der Waals surface area contributed by atoms with E-state index in [0.717, 1.165) is 11.1 Å². The van der Waals surface area contributed by atoms with E-state index in [2.05, 4.69) is 11.9 Å². The highest BCUT2D eigenvalue weighted by atomic mass is 35.5. The Bertz CT molecular complexity index is 1330. The number of anilines is 1. The average Bonchev–Trinajstić information content (AvgIpc) is 2.84. The minimum atomic E-state index is -0.567. The average molecular weight is 491 g/mol. The number of hydrogen-bond acceptors (Lipinski definition) is 4. The number of carbonyl (C=O) groups is 1. The van der Waals surface area contributed by atoms with Crippen molar-refractivity contribution in [3.05, 3.63) is 106 Å². The molecule has 3 rings (SSSR count). The van der Waals surface area contributed by atoms with Gasteiger partial charge >= 0.3 is 0 Å². The number of carbonyl (C=O) groups excluding carboxylic acids is 1. The second kappa shape index (κ2) is 11.9. The lowest BCUT2D eigenvalue weighted by Gasteiger charge is -2.16. The van der Waals surface area contributed by atoms with Crippen molar-refractivity contribution in [3.8, 4) is 17.6 Å². The molecule has 0 atom stereocenters. The summed E-state index contributed by atoms with van der Waals surface area (Å²) in [6, 6.07) is 16.7. The van der Waals surface area contributed by atoms with Gasteiger partial charge in [0.05, 0.1) is 7.11 Å². The zero-order valence-corrected chi connectivity index (χ0v) is 20.2. The maximum Gasteiger partial charge on any atom is 0.266 e. The van der Waals surface area contributed by atoms with Crippen molar-refractivity contribution in [1.82, 2.24) is 0 Å². The van der Waals surface area contributed by atoms with Gasteiger partial charge in [0.1, 0.15) is 24.1 Å². The molecule has 0 spiro atoms. The van der Waals surface area contributed by atoms with Crippen molar-refractivity contribution in [1.29, 1.82) is 5.26 Å². The fourth-order valence-corrected chi connectivity index (χ4v) is 3.54. The first-order valence-electron chi connectivity index (χ1n) is 10.7. The van der Waals surface area contributed by atoms with Crippen molar-refractivity contribution in [2.24, 2.45) is 0 Å². The molecule has 0 unspecified atom stereocenters. The number of nitrogens with one attached hydrogen (secondary N) is 1. The Balaban J connectivity index is 1.90. The lowest BCUT2D eigenvalue weighted by atomic mass is 10.0. The van der Waals surface area contributed by atoms with Gasteiger partial charge in [0.25, 0.3) is 5.91 Å². The smallest absolute Gasteiger partial charge is 0.266 e. The monoisotopic (exact) mass is 490 g/mol. The second-order valence-corrected chi connectivity index (χ2v) is 8.12. The van der Waals surface area contributed by atoms with Gasteiger partial charge in [0, 0.05) is 16.3 Å². The standard InChI is InChI=1S/C28H24ClFN2O3/c1-4-6-21-11-20(12-22(16-31)28(33)32-24-10-9-18(2)25(29)15-24)14-26(34-3)27(21)35-17-19-7-5-8-23(30)13-19/h4-5,7-15H,1,6,17H2,2-3H3,(H,32,33)/b22-12-. The number of aryl methyl sites for hydroxylation is 1. The molecule has 0 saturated heterocycles. The van der Waals surface area contributed by atoms with Crippen LogP contribution in [0.25, 0.3) is 6.08 Å². The van der Waals surface area contributed by atoms with Crippen LogP contribution in [0.2, 0.25) is 5.02 Å². The van der Waals surface area contributed by atoms with Crippen LogP contribution in [0.15, 0.2) is 72.8 Å². The Morgan fingerprint density at radius 3 is 2.69 bits per heavy atom. The molecule has 0 radical (unpaired) electrons.